The Morgan fingerprint density at radius 2 is 1.81 bits per heavy atom. The number of rotatable bonds is 7. The number of carbonyl (C=O) groups excluding carboxylic acids is 2. The number of nitrogens with one attached hydrogen (secondary N) is 2. The zero-order valence-corrected chi connectivity index (χ0v) is 17.8. The average Bonchev–Trinajstić information content (AvgIpc) is 3.47. The van der Waals surface area contributed by atoms with Crippen LogP contribution < -0.4 is 10.6 Å². The van der Waals surface area contributed by atoms with Crippen LogP contribution in [0.3, 0.4) is 0 Å². The van der Waals surface area contributed by atoms with Crippen LogP contribution >= 0.6 is 22.9 Å². The minimum absolute atomic E-state index is 0.144. The number of hydrogen-bond donors (Lipinski definition) is 2. The maximum absolute atomic E-state index is 13.0. The van der Waals surface area contributed by atoms with Crippen LogP contribution in [-0.4, -0.2) is 22.8 Å². The number of amides is 2. The Bertz CT molecular complexity index is 1160. The quantitative estimate of drug-likeness (QED) is 0.412. The molecule has 0 bridgehead atoms. The molecule has 2 amide bonds. The number of thiazole rings is 1. The van der Waals surface area contributed by atoms with Gasteiger partial charge in [-0.05, 0) is 29.8 Å². The highest BCUT2D eigenvalue weighted by Crippen LogP contribution is 2.26. The first-order valence-corrected chi connectivity index (χ1v) is 10.7. The van der Waals surface area contributed by atoms with Gasteiger partial charge in [-0.15, -0.1) is 11.3 Å². The highest BCUT2D eigenvalue weighted by Gasteiger charge is 2.24. The van der Waals surface area contributed by atoms with Crippen molar-refractivity contribution in [3.05, 3.63) is 94.7 Å². The van der Waals surface area contributed by atoms with Crippen molar-refractivity contribution in [2.75, 3.05) is 5.32 Å². The topological polar surface area (TPSA) is 84.2 Å². The third-order valence-electron chi connectivity index (χ3n) is 4.52. The lowest BCUT2D eigenvalue weighted by atomic mass is 10.1. The molecule has 0 aliphatic rings. The van der Waals surface area contributed by atoms with Crippen LogP contribution in [0.1, 0.15) is 16.1 Å². The highest BCUT2D eigenvalue weighted by atomic mass is 35.5. The van der Waals surface area contributed by atoms with E-state index < -0.39 is 11.9 Å². The van der Waals surface area contributed by atoms with Crippen molar-refractivity contribution in [1.29, 1.82) is 0 Å². The number of halogens is 1. The van der Waals surface area contributed by atoms with Crippen molar-refractivity contribution in [2.24, 2.45) is 0 Å². The van der Waals surface area contributed by atoms with Crippen molar-refractivity contribution < 1.29 is 14.0 Å². The van der Waals surface area contributed by atoms with E-state index in [0.29, 0.717) is 16.6 Å². The standard InChI is InChI=1S/C23H18ClN3O3S/c24-17-10-8-16(9-11-17)19-14-31-23(26-19)27-21(28)18(13-15-5-2-1-3-6-15)25-22(29)20-7-4-12-30-20/h1-12,14,18H,13H2,(H,25,29)(H,26,27,28). The third kappa shape index (κ3) is 5.39. The van der Waals surface area contributed by atoms with Gasteiger partial charge in [0.2, 0.25) is 5.91 Å². The van der Waals surface area contributed by atoms with Gasteiger partial charge < -0.3 is 15.1 Å². The van der Waals surface area contributed by atoms with E-state index in [0.717, 1.165) is 16.8 Å². The summed E-state index contributed by atoms with van der Waals surface area (Å²) < 4.78 is 5.14. The second-order valence-corrected chi connectivity index (χ2v) is 8.02. The molecule has 0 aliphatic carbocycles. The summed E-state index contributed by atoms with van der Waals surface area (Å²) in [5, 5.41) is 8.50. The molecule has 2 aromatic carbocycles. The zero-order valence-electron chi connectivity index (χ0n) is 16.2. The molecule has 1 atom stereocenters. The van der Waals surface area contributed by atoms with Crippen molar-refractivity contribution in [1.82, 2.24) is 10.3 Å². The molecule has 6 nitrogen and oxygen atoms in total. The van der Waals surface area contributed by atoms with E-state index in [1.165, 1.54) is 17.6 Å². The Kier molecular flexibility index (Phi) is 6.45. The van der Waals surface area contributed by atoms with Crippen molar-refractivity contribution in [3.63, 3.8) is 0 Å². The predicted molar refractivity (Wildman–Crippen MR) is 121 cm³/mol. The molecule has 0 aliphatic heterocycles. The summed E-state index contributed by atoms with van der Waals surface area (Å²) in [7, 11) is 0. The Morgan fingerprint density at radius 1 is 1.03 bits per heavy atom. The molecule has 8 heteroatoms. The van der Waals surface area contributed by atoms with Crippen LogP contribution in [0.5, 0.6) is 0 Å². The summed E-state index contributed by atoms with van der Waals surface area (Å²) in [5.74, 6) is -0.673. The maximum atomic E-state index is 13.0. The van der Waals surface area contributed by atoms with Gasteiger partial charge in [0.15, 0.2) is 10.9 Å². The number of anilines is 1. The van der Waals surface area contributed by atoms with E-state index in [2.05, 4.69) is 15.6 Å². The molecule has 0 saturated carbocycles. The van der Waals surface area contributed by atoms with Crippen LogP contribution in [0.2, 0.25) is 5.02 Å². The molecule has 31 heavy (non-hydrogen) atoms. The monoisotopic (exact) mass is 451 g/mol. The van der Waals surface area contributed by atoms with E-state index in [1.54, 1.807) is 24.3 Å². The van der Waals surface area contributed by atoms with E-state index >= 15 is 0 Å². The maximum Gasteiger partial charge on any atom is 0.287 e. The fraction of sp³-hybridized carbons (Fsp3) is 0.0870. The number of nitrogens with zero attached hydrogens (tertiary/aromatic N) is 1. The first-order valence-electron chi connectivity index (χ1n) is 9.49. The summed E-state index contributed by atoms with van der Waals surface area (Å²) in [5.41, 5.74) is 2.55. The molecule has 0 radical (unpaired) electrons. The molecule has 2 heterocycles. The number of benzene rings is 2. The summed E-state index contributed by atoms with van der Waals surface area (Å²) in [6.45, 7) is 0. The number of furan rings is 1. The van der Waals surface area contributed by atoms with Gasteiger partial charge in [0.05, 0.1) is 12.0 Å². The second-order valence-electron chi connectivity index (χ2n) is 6.73. The molecule has 0 fully saturated rings. The summed E-state index contributed by atoms with van der Waals surface area (Å²) >= 11 is 7.25. The van der Waals surface area contributed by atoms with Crippen molar-refractivity contribution in [2.45, 2.75) is 12.5 Å². The number of aromatic nitrogens is 1. The minimum Gasteiger partial charge on any atom is -0.459 e. The molecular weight excluding hydrogens is 434 g/mol. The second kappa shape index (κ2) is 9.59. The van der Waals surface area contributed by atoms with Gasteiger partial charge in [-0.1, -0.05) is 54.1 Å². The summed E-state index contributed by atoms with van der Waals surface area (Å²) in [6.07, 6.45) is 1.74. The average molecular weight is 452 g/mol. The van der Waals surface area contributed by atoms with E-state index in [4.69, 9.17) is 16.0 Å². The Balaban J connectivity index is 1.50. The predicted octanol–water partition coefficient (Wildman–Crippen LogP) is 5.04. The Hall–Kier alpha value is -3.42. The highest BCUT2D eigenvalue weighted by molar-refractivity contribution is 7.14. The van der Waals surface area contributed by atoms with E-state index in [9.17, 15) is 9.59 Å². The van der Waals surface area contributed by atoms with E-state index in [-0.39, 0.29) is 11.7 Å². The first-order chi connectivity index (χ1) is 15.1. The van der Waals surface area contributed by atoms with Crippen LogP contribution in [0.15, 0.2) is 82.8 Å². The van der Waals surface area contributed by atoms with Gasteiger partial charge in [0.1, 0.15) is 6.04 Å². The van der Waals surface area contributed by atoms with Gasteiger partial charge in [0, 0.05) is 22.4 Å². The number of hydrogen-bond acceptors (Lipinski definition) is 5. The molecule has 4 aromatic rings. The van der Waals surface area contributed by atoms with Crippen molar-refractivity contribution in [3.8, 4) is 11.3 Å². The molecule has 156 valence electrons. The minimum atomic E-state index is -0.803. The van der Waals surface area contributed by atoms with Crippen LogP contribution in [0.4, 0.5) is 5.13 Å². The smallest absolute Gasteiger partial charge is 0.287 e. The van der Waals surface area contributed by atoms with Gasteiger partial charge in [-0.2, -0.15) is 0 Å². The Labute approximate surface area is 187 Å². The Morgan fingerprint density at radius 3 is 2.52 bits per heavy atom. The number of carbonyl (C=O) groups is 2. The lowest BCUT2D eigenvalue weighted by Crippen LogP contribution is -2.45. The SMILES string of the molecule is O=C(NC(Cc1ccccc1)C(=O)Nc1nc(-c2ccc(Cl)cc2)cs1)c1ccco1. The van der Waals surface area contributed by atoms with Gasteiger partial charge in [-0.3, -0.25) is 9.59 Å². The largest absolute Gasteiger partial charge is 0.459 e. The van der Waals surface area contributed by atoms with Crippen LogP contribution in [0, 0.1) is 0 Å². The first kappa shape index (κ1) is 20.8. The molecule has 0 saturated heterocycles. The molecule has 2 aromatic heterocycles. The molecular formula is C23H18ClN3O3S. The summed E-state index contributed by atoms with van der Waals surface area (Å²) in [6, 6.07) is 19.1. The van der Waals surface area contributed by atoms with Crippen LogP contribution in [0.25, 0.3) is 11.3 Å². The zero-order chi connectivity index (χ0) is 21.6. The van der Waals surface area contributed by atoms with Gasteiger partial charge in [0.25, 0.3) is 5.91 Å². The third-order valence-corrected chi connectivity index (χ3v) is 5.53. The van der Waals surface area contributed by atoms with Gasteiger partial charge >= 0.3 is 0 Å². The fourth-order valence-electron chi connectivity index (χ4n) is 2.97. The van der Waals surface area contributed by atoms with Gasteiger partial charge in [-0.25, -0.2) is 4.98 Å². The lowest BCUT2D eigenvalue weighted by molar-refractivity contribution is -0.118. The molecule has 2 N–H and O–H groups in total. The normalized spacial score (nSPS) is 11.6. The summed E-state index contributed by atoms with van der Waals surface area (Å²) in [4.78, 5) is 30.0. The van der Waals surface area contributed by atoms with Crippen molar-refractivity contribution >= 4 is 39.9 Å². The molecule has 0 spiro atoms. The molecule has 1 unspecified atom stereocenters. The molecule has 4 rings (SSSR count). The van der Waals surface area contributed by atoms with E-state index in [1.807, 2.05) is 47.8 Å². The van der Waals surface area contributed by atoms with Crippen LogP contribution in [-0.2, 0) is 11.2 Å². The lowest BCUT2D eigenvalue weighted by Gasteiger charge is -2.17. The fourth-order valence-corrected chi connectivity index (χ4v) is 3.82.